The van der Waals surface area contributed by atoms with Crippen LogP contribution in [0.15, 0.2) is 42.5 Å². The molecule has 0 aliphatic heterocycles. The van der Waals surface area contributed by atoms with Crippen molar-refractivity contribution >= 4 is 5.97 Å². The van der Waals surface area contributed by atoms with Gasteiger partial charge in [-0.1, -0.05) is 12.1 Å². The normalized spacial score (nSPS) is 16.1. The fourth-order valence-electron chi connectivity index (χ4n) is 3.05. The quantitative estimate of drug-likeness (QED) is 0.669. The minimum Gasteiger partial charge on any atom is -0.478 e. The van der Waals surface area contributed by atoms with Gasteiger partial charge in [0.05, 0.1) is 11.0 Å². The second-order valence-electron chi connectivity index (χ2n) is 6.57. The molecule has 0 spiro atoms. The summed E-state index contributed by atoms with van der Waals surface area (Å²) in [5, 5.41) is 8.94. The number of benzene rings is 2. The lowest BCUT2D eigenvalue weighted by Gasteiger charge is -2.29. The van der Waals surface area contributed by atoms with Gasteiger partial charge >= 0.3 is 18.1 Å². The van der Waals surface area contributed by atoms with Crippen molar-refractivity contribution in [2.24, 2.45) is 0 Å². The molecule has 2 aromatic rings. The van der Waals surface area contributed by atoms with Gasteiger partial charge in [-0.25, -0.2) is 4.79 Å². The van der Waals surface area contributed by atoms with E-state index in [9.17, 15) is 26.7 Å². The van der Waals surface area contributed by atoms with Crippen LogP contribution >= 0.6 is 0 Å². The highest BCUT2D eigenvalue weighted by atomic mass is 19.4. The summed E-state index contributed by atoms with van der Waals surface area (Å²) in [4.78, 5) is 10.9. The fraction of sp³-hybridized carbons (Fsp3) is 0.316. The number of alkyl halides is 5. The number of carboxylic acids is 1. The zero-order valence-electron chi connectivity index (χ0n) is 14.1. The molecule has 1 aliphatic carbocycles. The Hall–Kier alpha value is -2.64. The van der Waals surface area contributed by atoms with Crippen LogP contribution in [0.3, 0.4) is 0 Å². The predicted molar refractivity (Wildman–Crippen MR) is 86.6 cm³/mol. The van der Waals surface area contributed by atoms with Gasteiger partial charge in [0.25, 0.3) is 0 Å². The van der Waals surface area contributed by atoms with E-state index in [4.69, 9.17) is 9.84 Å². The molecule has 1 fully saturated rings. The van der Waals surface area contributed by atoms with Crippen molar-refractivity contribution in [3.63, 3.8) is 0 Å². The predicted octanol–water partition coefficient (Wildman–Crippen LogP) is 5.71. The van der Waals surface area contributed by atoms with Crippen LogP contribution in [0.2, 0.25) is 0 Å². The second kappa shape index (κ2) is 6.21. The smallest absolute Gasteiger partial charge is 0.454 e. The molecule has 3 rings (SSSR count). The molecule has 0 amide bonds. The van der Waals surface area contributed by atoms with Gasteiger partial charge in [-0.2, -0.15) is 22.0 Å². The Morgan fingerprint density at radius 2 is 1.63 bits per heavy atom. The first kappa shape index (κ1) is 19.1. The van der Waals surface area contributed by atoms with Gasteiger partial charge in [0.1, 0.15) is 11.5 Å². The monoisotopic (exact) mass is 386 g/mol. The number of hydrogen-bond donors (Lipinski definition) is 1. The molecule has 0 aromatic heterocycles. The van der Waals surface area contributed by atoms with Gasteiger partial charge in [-0.3, -0.25) is 0 Å². The molecular weight excluding hydrogens is 371 g/mol. The number of hydrogen-bond acceptors (Lipinski definition) is 2. The van der Waals surface area contributed by atoms with Gasteiger partial charge < -0.3 is 9.84 Å². The molecule has 27 heavy (non-hydrogen) atoms. The number of ether oxygens (including phenoxy) is 1. The Balaban J connectivity index is 1.82. The summed E-state index contributed by atoms with van der Waals surface area (Å²) in [7, 11) is 0. The van der Waals surface area contributed by atoms with Crippen LogP contribution in [0, 0.1) is 6.92 Å². The molecule has 144 valence electrons. The number of carbonyl (C=O) groups is 1. The average molecular weight is 386 g/mol. The highest BCUT2D eigenvalue weighted by Gasteiger charge is 2.75. The summed E-state index contributed by atoms with van der Waals surface area (Å²) in [5.74, 6) is -5.29. The Labute approximate surface area is 151 Å². The van der Waals surface area contributed by atoms with Gasteiger partial charge in [-0.05, 0) is 61.2 Å². The topological polar surface area (TPSA) is 46.5 Å². The molecular formula is C19H15F5O3. The van der Waals surface area contributed by atoms with Crippen molar-refractivity contribution in [3.8, 4) is 11.5 Å². The Kier molecular flexibility index (Phi) is 4.40. The molecule has 1 saturated carbocycles. The molecule has 3 nitrogen and oxygen atoms in total. The van der Waals surface area contributed by atoms with Crippen LogP contribution < -0.4 is 4.74 Å². The largest absolute Gasteiger partial charge is 0.478 e. The fourth-order valence-corrected chi connectivity index (χ4v) is 3.05. The third-order valence-corrected chi connectivity index (χ3v) is 4.76. The summed E-state index contributed by atoms with van der Waals surface area (Å²) in [6.07, 6.45) is -6.09. The molecule has 0 heterocycles. The van der Waals surface area contributed by atoms with E-state index in [2.05, 4.69) is 0 Å². The lowest BCUT2D eigenvalue weighted by Crippen LogP contribution is -2.47. The summed E-state index contributed by atoms with van der Waals surface area (Å²) in [6, 6.07) is 9.29. The summed E-state index contributed by atoms with van der Waals surface area (Å²) in [5.41, 5.74) is -1.68. The number of rotatable bonds is 5. The van der Waals surface area contributed by atoms with E-state index >= 15 is 0 Å². The van der Waals surface area contributed by atoms with Gasteiger partial charge in [-0.15, -0.1) is 0 Å². The maximum absolute atomic E-state index is 13.9. The maximum atomic E-state index is 13.9. The summed E-state index contributed by atoms with van der Waals surface area (Å²) >= 11 is 0. The zero-order chi connectivity index (χ0) is 20.0. The first-order chi connectivity index (χ1) is 12.5. The third kappa shape index (κ3) is 3.24. The number of carboxylic acid groups (broad SMARTS) is 1. The van der Waals surface area contributed by atoms with Crippen molar-refractivity contribution in [1.29, 1.82) is 0 Å². The van der Waals surface area contributed by atoms with Gasteiger partial charge in [0.15, 0.2) is 0 Å². The molecule has 0 bridgehead atoms. The van der Waals surface area contributed by atoms with E-state index in [0.717, 1.165) is 0 Å². The number of aryl methyl sites for hydroxylation is 1. The molecule has 8 heteroatoms. The Morgan fingerprint density at radius 1 is 1.04 bits per heavy atom. The Morgan fingerprint density at radius 3 is 2.07 bits per heavy atom. The highest BCUT2D eigenvalue weighted by molar-refractivity contribution is 5.88. The first-order valence-electron chi connectivity index (χ1n) is 8.05. The van der Waals surface area contributed by atoms with Crippen LogP contribution in [-0.4, -0.2) is 23.2 Å². The first-order valence-corrected chi connectivity index (χ1v) is 8.05. The van der Waals surface area contributed by atoms with E-state index < -0.39 is 23.5 Å². The van der Waals surface area contributed by atoms with E-state index in [0.29, 0.717) is 11.3 Å². The third-order valence-electron chi connectivity index (χ3n) is 4.76. The van der Waals surface area contributed by atoms with Crippen molar-refractivity contribution < 1.29 is 36.6 Å². The standard InChI is InChI=1S/C19H15F5O3/c1-11-10-12(16(25)26)2-7-15(11)27-14-5-3-13(4-6-14)17(8-9-17)18(20,21)19(22,23)24/h2-7,10H,8-9H2,1H3,(H,25,26). The maximum Gasteiger partial charge on any atom is 0.454 e. The lowest BCUT2D eigenvalue weighted by molar-refractivity contribution is -0.296. The van der Waals surface area contributed by atoms with Gasteiger partial charge in [0.2, 0.25) is 0 Å². The second-order valence-corrected chi connectivity index (χ2v) is 6.57. The van der Waals surface area contributed by atoms with E-state index in [1.165, 1.54) is 42.5 Å². The van der Waals surface area contributed by atoms with E-state index in [1.807, 2.05) is 0 Å². The molecule has 0 saturated heterocycles. The van der Waals surface area contributed by atoms with Crippen molar-refractivity contribution in [3.05, 3.63) is 59.2 Å². The minimum atomic E-state index is -5.61. The summed E-state index contributed by atoms with van der Waals surface area (Å²) < 4.78 is 71.5. The van der Waals surface area contributed by atoms with Gasteiger partial charge in [0, 0.05) is 0 Å². The van der Waals surface area contributed by atoms with Crippen LogP contribution in [0.1, 0.15) is 34.3 Å². The van der Waals surface area contributed by atoms with Crippen molar-refractivity contribution in [1.82, 2.24) is 0 Å². The molecule has 0 unspecified atom stereocenters. The van der Waals surface area contributed by atoms with Crippen LogP contribution in [0.25, 0.3) is 0 Å². The van der Waals surface area contributed by atoms with Crippen molar-refractivity contribution in [2.75, 3.05) is 0 Å². The minimum absolute atomic E-state index is 0.0836. The zero-order valence-corrected chi connectivity index (χ0v) is 14.1. The van der Waals surface area contributed by atoms with Crippen LogP contribution in [-0.2, 0) is 5.41 Å². The SMILES string of the molecule is Cc1cc(C(=O)O)ccc1Oc1ccc(C2(C(F)(F)C(F)(F)F)CC2)cc1. The number of halogens is 5. The molecule has 2 aromatic carbocycles. The van der Waals surface area contributed by atoms with Crippen molar-refractivity contribution in [2.45, 2.75) is 37.3 Å². The van der Waals surface area contributed by atoms with E-state index in [1.54, 1.807) is 6.92 Å². The molecule has 0 radical (unpaired) electrons. The molecule has 1 N–H and O–H groups in total. The molecule has 0 atom stereocenters. The Bertz CT molecular complexity index is 868. The lowest BCUT2D eigenvalue weighted by atomic mass is 9.88. The highest BCUT2D eigenvalue weighted by Crippen LogP contribution is 2.63. The number of aromatic carboxylic acids is 1. The molecule has 1 aliphatic rings. The average Bonchev–Trinajstić information content (AvgIpc) is 3.38. The van der Waals surface area contributed by atoms with E-state index in [-0.39, 0.29) is 29.7 Å². The summed E-state index contributed by atoms with van der Waals surface area (Å²) in [6.45, 7) is 1.64. The van der Waals surface area contributed by atoms with Crippen LogP contribution in [0.4, 0.5) is 22.0 Å². The van der Waals surface area contributed by atoms with Crippen LogP contribution in [0.5, 0.6) is 11.5 Å².